The smallest absolute Gasteiger partial charge is 0.191 e. The molecule has 0 amide bonds. The van der Waals surface area contributed by atoms with Crippen molar-refractivity contribution in [3.05, 3.63) is 35.6 Å². The first-order valence-corrected chi connectivity index (χ1v) is 8.78. The standard InChI is InChI=1S/C16H24FN3S/c1-2-18-16(20-11-13-7-8-13)19-9-10-21-12-14-5-3-4-6-15(14)17/h3-6,13H,2,7-12H2,1H3,(H2,18,19,20). The first kappa shape index (κ1) is 16.1. The normalized spacial score (nSPS) is 15.0. The molecule has 116 valence electrons. The third-order valence-electron chi connectivity index (χ3n) is 3.30. The molecule has 1 aliphatic carbocycles. The number of aliphatic imine (C=N–C) groups is 1. The van der Waals surface area contributed by atoms with E-state index in [1.165, 1.54) is 18.9 Å². The van der Waals surface area contributed by atoms with Gasteiger partial charge in [-0.1, -0.05) is 18.2 Å². The monoisotopic (exact) mass is 309 g/mol. The molecule has 0 bridgehead atoms. The second-order valence-corrected chi connectivity index (χ2v) is 6.34. The number of hydrogen-bond donors (Lipinski definition) is 2. The molecular formula is C16H24FN3S. The summed E-state index contributed by atoms with van der Waals surface area (Å²) in [5.41, 5.74) is 0.775. The highest BCUT2D eigenvalue weighted by Gasteiger charge is 2.20. The van der Waals surface area contributed by atoms with E-state index in [0.717, 1.165) is 42.8 Å². The van der Waals surface area contributed by atoms with Crippen LogP contribution in [0.1, 0.15) is 25.3 Å². The molecule has 0 aromatic heterocycles. The van der Waals surface area contributed by atoms with Crippen molar-refractivity contribution < 1.29 is 4.39 Å². The lowest BCUT2D eigenvalue weighted by molar-refractivity contribution is 0.617. The van der Waals surface area contributed by atoms with Crippen LogP contribution in [0.4, 0.5) is 4.39 Å². The van der Waals surface area contributed by atoms with Gasteiger partial charge in [-0.25, -0.2) is 4.39 Å². The number of nitrogens with one attached hydrogen (secondary N) is 2. The van der Waals surface area contributed by atoms with Crippen molar-refractivity contribution in [3.63, 3.8) is 0 Å². The van der Waals surface area contributed by atoms with Gasteiger partial charge in [0.25, 0.3) is 0 Å². The summed E-state index contributed by atoms with van der Waals surface area (Å²) in [7, 11) is 0. The van der Waals surface area contributed by atoms with Gasteiger partial charge in [0.15, 0.2) is 5.96 Å². The fourth-order valence-electron chi connectivity index (χ4n) is 1.90. The molecule has 0 atom stereocenters. The van der Waals surface area contributed by atoms with E-state index >= 15 is 0 Å². The minimum absolute atomic E-state index is 0.114. The molecule has 21 heavy (non-hydrogen) atoms. The van der Waals surface area contributed by atoms with Crippen LogP contribution in [-0.4, -0.2) is 31.3 Å². The molecular weight excluding hydrogens is 285 g/mol. The van der Waals surface area contributed by atoms with Crippen LogP contribution in [0.3, 0.4) is 0 Å². The van der Waals surface area contributed by atoms with E-state index < -0.39 is 0 Å². The van der Waals surface area contributed by atoms with E-state index in [0.29, 0.717) is 5.75 Å². The predicted octanol–water partition coefficient (Wildman–Crippen LogP) is 3.02. The zero-order valence-corrected chi connectivity index (χ0v) is 13.4. The third-order valence-corrected chi connectivity index (χ3v) is 4.31. The van der Waals surface area contributed by atoms with E-state index in [2.05, 4.69) is 22.5 Å². The van der Waals surface area contributed by atoms with Crippen molar-refractivity contribution in [2.75, 3.05) is 25.4 Å². The largest absolute Gasteiger partial charge is 0.357 e. The molecule has 5 heteroatoms. The lowest BCUT2D eigenvalue weighted by Gasteiger charge is -2.11. The van der Waals surface area contributed by atoms with Crippen molar-refractivity contribution in [2.45, 2.75) is 25.5 Å². The molecule has 1 aromatic rings. The van der Waals surface area contributed by atoms with Gasteiger partial charge in [0.05, 0.1) is 0 Å². The van der Waals surface area contributed by atoms with Crippen LogP contribution in [0.15, 0.2) is 29.3 Å². The highest BCUT2D eigenvalue weighted by molar-refractivity contribution is 7.98. The minimum atomic E-state index is -0.114. The highest BCUT2D eigenvalue weighted by atomic mass is 32.2. The SMILES string of the molecule is CCNC(=NCC1CC1)NCCSCc1ccccc1F. The summed E-state index contributed by atoms with van der Waals surface area (Å²) >= 11 is 1.73. The van der Waals surface area contributed by atoms with Crippen LogP contribution in [-0.2, 0) is 5.75 Å². The molecule has 3 nitrogen and oxygen atoms in total. The number of hydrogen-bond acceptors (Lipinski definition) is 2. The Morgan fingerprint density at radius 2 is 2.14 bits per heavy atom. The minimum Gasteiger partial charge on any atom is -0.357 e. The molecule has 1 aliphatic rings. The average molecular weight is 309 g/mol. The van der Waals surface area contributed by atoms with E-state index in [1.54, 1.807) is 17.8 Å². The molecule has 0 heterocycles. The molecule has 2 rings (SSSR count). The Balaban J connectivity index is 1.63. The molecule has 0 saturated heterocycles. The van der Waals surface area contributed by atoms with Crippen LogP contribution in [0.25, 0.3) is 0 Å². The summed E-state index contributed by atoms with van der Waals surface area (Å²) in [6.07, 6.45) is 2.64. The Morgan fingerprint density at radius 3 is 2.86 bits per heavy atom. The molecule has 1 fully saturated rings. The Morgan fingerprint density at radius 1 is 1.33 bits per heavy atom. The summed E-state index contributed by atoms with van der Waals surface area (Å²) in [4.78, 5) is 4.57. The Bertz CT molecular complexity index is 461. The summed E-state index contributed by atoms with van der Waals surface area (Å²) in [6.45, 7) is 4.72. The lowest BCUT2D eigenvalue weighted by Crippen LogP contribution is -2.38. The van der Waals surface area contributed by atoms with Gasteiger partial charge in [-0.2, -0.15) is 11.8 Å². The van der Waals surface area contributed by atoms with Gasteiger partial charge in [0, 0.05) is 31.1 Å². The number of halogens is 1. The number of guanidine groups is 1. The summed E-state index contributed by atoms with van der Waals surface area (Å²) in [5.74, 6) is 3.23. The molecule has 0 spiro atoms. The van der Waals surface area contributed by atoms with Crippen LogP contribution < -0.4 is 10.6 Å². The predicted molar refractivity (Wildman–Crippen MR) is 89.3 cm³/mol. The van der Waals surface area contributed by atoms with Gasteiger partial charge < -0.3 is 10.6 Å². The molecule has 0 unspecified atom stereocenters. The van der Waals surface area contributed by atoms with Crippen molar-refractivity contribution in [1.29, 1.82) is 0 Å². The van der Waals surface area contributed by atoms with Gasteiger partial charge in [-0.3, -0.25) is 4.99 Å². The van der Waals surface area contributed by atoms with E-state index in [1.807, 2.05) is 12.1 Å². The zero-order valence-electron chi connectivity index (χ0n) is 12.6. The zero-order chi connectivity index (χ0) is 14.9. The number of benzene rings is 1. The summed E-state index contributed by atoms with van der Waals surface area (Å²) in [6, 6.07) is 6.97. The van der Waals surface area contributed by atoms with Crippen molar-refractivity contribution in [2.24, 2.45) is 10.9 Å². The van der Waals surface area contributed by atoms with Crippen molar-refractivity contribution in [1.82, 2.24) is 10.6 Å². The fraction of sp³-hybridized carbons (Fsp3) is 0.562. The van der Waals surface area contributed by atoms with Crippen LogP contribution in [0.5, 0.6) is 0 Å². The van der Waals surface area contributed by atoms with Crippen LogP contribution in [0, 0.1) is 11.7 Å². The second kappa shape index (κ2) is 8.93. The summed E-state index contributed by atoms with van der Waals surface area (Å²) < 4.78 is 13.5. The van der Waals surface area contributed by atoms with Crippen LogP contribution in [0.2, 0.25) is 0 Å². The number of thioether (sulfide) groups is 1. The highest BCUT2D eigenvalue weighted by Crippen LogP contribution is 2.28. The van der Waals surface area contributed by atoms with Gasteiger partial charge in [0.2, 0.25) is 0 Å². The van der Waals surface area contributed by atoms with Crippen molar-refractivity contribution >= 4 is 17.7 Å². The lowest BCUT2D eigenvalue weighted by atomic mass is 10.2. The van der Waals surface area contributed by atoms with Gasteiger partial charge in [0.1, 0.15) is 5.82 Å². The first-order chi connectivity index (χ1) is 10.3. The maximum absolute atomic E-state index is 13.5. The second-order valence-electron chi connectivity index (χ2n) is 5.23. The van der Waals surface area contributed by atoms with E-state index in [-0.39, 0.29) is 5.82 Å². The maximum atomic E-state index is 13.5. The quantitative estimate of drug-likeness (QED) is 0.440. The molecule has 2 N–H and O–H groups in total. The fourth-order valence-corrected chi connectivity index (χ4v) is 2.75. The number of rotatable bonds is 8. The van der Waals surface area contributed by atoms with E-state index in [4.69, 9.17) is 0 Å². The summed E-state index contributed by atoms with van der Waals surface area (Å²) in [5, 5.41) is 6.58. The molecule has 1 aromatic carbocycles. The average Bonchev–Trinajstić information content (AvgIpc) is 3.30. The van der Waals surface area contributed by atoms with Gasteiger partial charge in [-0.05, 0) is 37.3 Å². The molecule has 0 aliphatic heterocycles. The van der Waals surface area contributed by atoms with E-state index in [9.17, 15) is 4.39 Å². The van der Waals surface area contributed by atoms with Crippen molar-refractivity contribution in [3.8, 4) is 0 Å². The Kier molecular flexibility index (Phi) is 6.86. The van der Waals surface area contributed by atoms with Gasteiger partial charge in [-0.15, -0.1) is 0 Å². The topological polar surface area (TPSA) is 36.4 Å². The van der Waals surface area contributed by atoms with Crippen LogP contribution >= 0.6 is 11.8 Å². The third kappa shape index (κ3) is 6.38. The van der Waals surface area contributed by atoms with Gasteiger partial charge >= 0.3 is 0 Å². The molecule has 1 saturated carbocycles. The first-order valence-electron chi connectivity index (χ1n) is 7.63. The number of nitrogens with zero attached hydrogens (tertiary/aromatic N) is 1. The maximum Gasteiger partial charge on any atom is 0.191 e. The Labute approximate surface area is 130 Å². The molecule has 0 radical (unpaired) electrons. The Hall–Kier alpha value is -1.23.